The Bertz CT molecular complexity index is 361. The summed E-state index contributed by atoms with van der Waals surface area (Å²) in [5.74, 6) is -0.770. The second kappa shape index (κ2) is 3.90. The average molecular weight is 206 g/mol. The number of carboxylic acid groups (broad SMARTS) is 1. The van der Waals surface area contributed by atoms with Crippen LogP contribution < -0.4 is 11.1 Å². The van der Waals surface area contributed by atoms with Gasteiger partial charge < -0.3 is 10.8 Å². The van der Waals surface area contributed by atoms with E-state index < -0.39 is 12.0 Å². The van der Waals surface area contributed by atoms with E-state index in [-0.39, 0.29) is 6.04 Å². The number of rotatable bonds is 2. The van der Waals surface area contributed by atoms with E-state index in [0.29, 0.717) is 6.42 Å². The molecule has 1 fully saturated rings. The first-order valence-corrected chi connectivity index (χ1v) is 5.01. The van der Waals surface area contributed by atoms with Crippen molar-refractivity contribution < 1.29 is 9.90 Å². The first kappa shape index (κ1) is 9.98. The SMILES string of the molecule is Nc1ccc(C2CC[C@@H](C(=O)O)N2)cc1. The fourth-order valence-electron chi connectivity index (χ4n) is 1.93. The summed E-state index contributed by atoms with van der Waals surface area (Å²) >= 11 is 0. The van der Waals surface area contributed by atoms with E-state index in [0.717, 1.165) is 17.7 Å². The molecule has 0 saturated carbocycles. The van der Waals surface area contributed by atoms with Gasteiger partial charge in [-0.15, -0.1) is 0 Å². The minimum absolute atomic E-state index is 0.145. The maximum Gasteiger partial charge on any atom is 0.320 e. The van der Waals surface area contributed by atoms with Gasteiger partial charge in [-0.2, -0.15) is 0 Å². The van der Waals surface area contributed by atoms with Crippen LogP contribution in [0.5, 0.6) is 0 Å². The fourth-order valence-corrected chi connectivity index (χ4v) is 1.93. The maximum atomic E-state index is 10.8. The summed E-state index contributed by atoms with van der Waals surface area (Å²) in [6.45, 7) is 0. The molecule has 0 aliphatic carbocycles. The monoisotopic (exact) mass is 206 g/mol. The quantitative estimate of drug-likeness (QED) is 0.634. The van der Waals surface area contributed by atoms with E-state index in [4.69, 9.17) is 10.8 Å². The Labute approximate surface area is 88.1 Å². The lowest BCUT2D eigenvalue weighted by atomic mass is 10.1. The molecule has 0 amide bonds. The molecule has 4 heteroatoms. The predicted molar refractivity (Wildman–Crippen MR) is 57.4 cm³/mol. The van der Waals surface area contributed by atoms with Crippen molar-refractivity contribution in [2.75, 3.05) is 5.73 Å². The molecule has 0 aromatic heterocycles. The second-order valence-electron chi connectivity index (χ2n) is 3.85. The zero-order valence-corrected chi connectivity index (χ0v) is 8.31. The largest absolute Gasteiger partial charge is 0.480 e. The molecular formula is C11H14N2O2. The third-order valence-electron chi connectivity index (χ3n) is 2.78. The van der Waals surface area contributed by atoms with Crippen molar-refractivity contribution in [1.82, 2.24) is 5.32 Å². The molecule has 0 bridgehead atoms. The molecule has 1 aliphatic rings. The molecule has 1 saturated heterocycles. The highest BCUT2D eigenvalue weighted by Crippen LogP contribution is 2.26. The number of benzene rings is 1. The molecule has 4 nitrogen and oxygen atoms in total. The van der Waals surface area contributed by atoms with Crippen molar-refractivity contribution in [2.24, 2.45) is 0 Å². The molecule has 4 N–H and O–H groups in total. The number of hydrogen-bond donors (Lipinski definition) is 3. The van der Waals surface area contributed by atoms with Crippen molar-refractivity contribution in [3.8, 4) is 0 Å². The normalized spacial score (nSPS) is 25.3. The number of nitrogens with two attached hydrogens (primary N) is 1. The lowest BCUT2D eigenvalue weighted by molar-refractivity contribution is -0.139. The van der Waals surface area contributed by atoms with Crippen LogP contribution in [-0.4, -0.2) is 17.1 Å². The van der Waals surface area contributed by atoms with Gasteiger partial charge in [0, 0.05) is 11.7 Å². The fraction of sp³-hybridized carbons (Fsp3) is 0.364. The van der Waals surface area contributed by atoms with Crippen LogP contribution in [0, 0.1) is 0 Å². The van der Waals surface area contributed by atoms with Gasteiger partial charge in [-0.05, 0) is 30.5 Å². The van der Waals surface area contributed by atoms with Crippen molar-refractivity contribution in [3.05, 3.63) is 29.8 Å². The molecule has 2 atom stereocenters. The minimum atomic E-state index is -0.770. The highest BCUT2D eigenvalue weighted by Gasteiger charge is 2.29. The molecule has 80 valence electrons. The van der Waals surface area contributed by atoms with E-state index in [2.05, 4.69) is 5.32 Å². The molecule has 1 aromatic carbocycles. The summed E-state index contributed by atoms with van der Waals surface area (Å²) in [4.78, 5) is 10.8. The van der Waals surface area contributed by atoms with Crippen LogP contribution in [0.3, 0.4) is 0 Å². The number of anilines is 1. The summed E-state index contributed by atoms with van der Waals surface area (Å²) in [6, 6.07) is 7.30. The van der Waals surface area contributed by atoms with Gasteiger partial charge in [-0.1, -0.05) is 12.1 Å². The van der Waals surface area contributed by atoms with Gasteiger partial charge >= 0.3 is 5.97 Å². The molecule has 15 heavy (non-hydrogen) atoms. The van der Waals surface area contributed by atoms with Crippen molar-refractivity contribution in [2.45, 2.75) is 24.9 Å². The molecule has 0 radical (unpaired) electrons. The number of hydrogen-bond acceptors (Lipinski definition) is 3. The lowest BCUT2D eigenvalue weighted by Crippen LogP contribution is -2.31. The van der Waals surface area contributed by atoms with Gasteiger partial charge in [-0.25, -0.2) is 0 Å². The first-order chi connectivity index (χ1) is 7.16. The molecule has 0 spiro atoms. The van der Waals surface area contributed by atoms with Gasteiger partial charge in [-0.3, -0.25) is 10.1 Å². The van der Waals surface area contributed by atoms with E-state index in [1.165, 1.54) is 0 Å². The predicted octanol–water partition coefficient (Wildman–Crippen LogP) is 1.15. The van der Waals surface area contributed by atoms with E-state index in [1.807, 2.05) is 24.3 Å². The zero-order valence-electron chi connectivity index (χ0n) is 8.31. The summed E-state index contributed by atoms with van der Waals surface area (Å²) in [5.41, 5.74) is 7.42. The van der Waals surface area contributed by atoms with Gasteiger partial charge in [0.05, 0.1) is 0 Å². The first-order valence-electron chi connectivity index (χ1n) is 5.01. The second-order valence-corrected chi connectivity index (χ2v) is 3.85. The lowest BCUT2D eigenvalue weighted by Gasteiger charge is -2.12. The molecule has 1 aromatic rings. The van der Waals surface area contributed by atoms with Gasteiger partial charge in [0.15, 0.2) is 0 Å². The van der Waals surface area contributed by atoms with E-state index >= 15 is 0 Å². The highest BCUT2D eigenvalue weighted by atomic mass is 16.4. The molecule has 2 rings (SSSR count). The van der Waals surface area contributed by atoms with Crippen LogP contribution in [0.25, 0.3) is 0 Å². The summed E-state index contributed by atoms with van der Waals surface area (Å²) in [6.07, 6.45) is 1.55. The molecule has 1 heterocycles. The summed E-state index contributed by atoms with van der Waals surface area (Å²) in [5, 5.41) is 11.9. The van der Waals surface area contributed by atoms with Crippen LogP contribution in [0.1, 0.15) is 24.4 Å². The van der Waals surface area contributed by atoms with Crippen molar-refractivity contribution in [1.29, 1.82) is 0 Å². The summed E-state index contributed by atoms with van der Waals surface area (Å²) in [7, 11) is 0. The molecular weight excluding hydrogens is 192 g/mol. The Balaban J connectivity index is 2.07. The number of aliphatic carboxylic acids is 1. The highest BCUT2D eigenvalue weighted by molar-refractivity contribution is 5.74. The van der Waals surface area contributed by atoms with E-state index in [1.54, 1.807) is 0 Å². The average Bonchev–Trinajstić information content (AvgIpc) is 2.68. The number of carboxylic acids is 1. The number of carbonyl (C=O) groups is 1. The smallest absolute Gasteiger partial charge is 0.320 e. The summed E-state index contributed by atoms with van der Waals surface area (Å²) < 4.78 is 0. The van der Waals surface area contributed by atoms with Gasteiger partial charge in [0.25, 0.3) is 0 Å². The van der Waals surface area contributed by atoms with Crippen molar-refractivity contribution >= 4 is 11.7 Å². The van der Waals surface area contributed by atoms with Crippen LogP contribution in [0.2, 0.25) is 0 Å². The Hall–Kier alpha value is -1.55. The van der Waals surface area contributed by atoms with Crippen LogP contribution in [-0.2, 0) is 4.79 Å². The van der Waals surface area contributed by atoms with Crippen LogP contribution in [0.15, 0.2) is 24.3 Å². The third-order valence-corrected chi connectivity index (χ3v) is 2.78. The molecule has 1 aliphatic heterocycles. The topological polar surface area (TPSA) is 75.4 Å². The molecule has 1 unspecified atom stereocenters. The Kier molecular flexibility index (Phi) is 2.60. The standard InChI is InChI=1S/C11H14N2O2/c12-8-3-1-7(2-4-8)9-5-6-10(13-9)11(14)15/h1-4,9-10,13H,5-6,12H2,(H,14,15)/t9?,10-/m0/s1. The van der Waals surface area contributed by atoms with E-state index in [9.17, 15) is 4.79 Å². The number of nitrogens with one attached hydrogen (secondary N) is 1. The maximum absolute atomic E-state index is 10.8. The van der Waals surface area contributed by atoms with Gasteiger partial charge in [0.1, 0.15) is 6.04 Å². The zero-order chi connectivity index (χ0) is 10.8. The Morgan fingerprint density at radius 3 is 2.53 bits per heavy atom. The minimum Gasteiger partial charge on any atom is -0.480 e. The van der Waals surface area contributed by atoms with Crippen molar-refractivity contribution in [3.63, 3.8) is 0 Å². The Morgan fingerprint density at radius 1 is 1.33 bits per heavy atom. The Morgan fingerprint density at radius 2 is 2.00 bits per heavy atom. The number of nitrogen functional groups attached to an aromatic ring is 1. The third kappa shape index (κ3) is 2.10. The van der Waals surface area contributed by atoms with Crippen LogP contribution >= 0.6 is 0 Å². The van der Waals surface area contributed by atoms with Crippen LogP contribution in [0.4, 0.5) is 5.69 Å². The van der Waals surface area contributed by atoms with Gasteiger partial charge in [0.2, 0.25) is 0 Å².